The molecule has 1 aromatic rings. The molecule has 1 heterocycles. The number of aliphatic hydroxyl groups excluding tert-OH is 6. The monoisotopic (exact) mass is 697 g/mol. The summed E-state index contributed by atoms with van der Waals surface area (Å²) in [5.41, 5.74) is 0.316. The van der Waals surface area contributed by atoms with Crippen LogP contribution in [0.1, 0.15) is 140 Å². The van der Waals surface area contributed by atoms with Crippen LogP contribution >= 0.6 is 0 Å². The van der Waals surface area contributed by atoms with Gasteiger partial charge in [0.05, 0.1) is 32.0 Å². The lowest BCUT2D eigenvalue weighted by atomic mass is 9.98. The molecule has 284 valence electrons. The number of rotatable bonds is 28. The van der Waals surface area contributed by atoms with E-state index in [0.717, 1.165) is 32.1 Å². The molecule has 0 radical (unpaired) electrons. The molecule has 0 spiro atoms. The first-order chi connectivity index (χ1) is 23.7. The number of carbonyl (C=O) groups is 1. The smallest absolute Gasteiger partial charge is 0.251 e. The van der Waals surface area contributed by atoms with Crippen LogP contribution in [0.2, 0.25) is 0 Å². The Balaban J connectivity index is 1.91. The average Bonchev–Trinajstić information content (AvgIpc) is 3.11. The van der Waals surface area contributed by atoms with E-state index in [1.807, 2.05) is 0 Å². The van der Waals surface area contributed by atoms with Gasteiger partial charge in [0.1, 0.15) is 36.3 Å². The summed E-state index contributed by atoms with van der Waals surface area (Å²) < 4.78 is 16.9. The molecule has 1 amide bonds. The summed E-state index contributed by atoms with van der Waals surface area (Å²) in [5, 5.41) is 65.0. The molecule has 1 saturated heterocycles. The molecule has 1 fully saturated rings. The number of unbranched alkanes of at least 4 members (excludes halogenated alkanes) is 15. The summed E-state index contributed by atoms with van der Waals surface area (Å²) in [7, 11) is 0. The summed E-state index contributed by atoms with van der Waals surface area (Å²) in [4.78, 5) is 13.2. The number of benzene rings is 1. The number of hydrogen-bond acceptors (Lipinski definition) is 10. The highest BCUT2D eigenvalue weighted by Crippen LogP contribution is 2.23. The van der Waals surface area contributed by atoms with Gasteiger partial charge in [0.15, 0.2) is 6.29 Å². The molecule has 49 heavy (non-hydrogen) atoms. The van der Waals surface area contributed by atoms with Crippen LogP contribution in [0.5, 0.6) is 5.75 Å². The van der Waals surface area contributed by atoms with Crippen LogP contribution in [0.3, 0.4) is 0 Å². The number of hydrogen-bond donors (Lipinski definition) is 7. The summed E-state index contributed by atoms with van der Waals surface area (Å²) in [5.74, 6) is 0.137. The molecule has 7 N–H and O–H groups in total. The molecular formula is C38H67NO10. The standard InChI is InChI=1S/C38H67NO10/c1-3-5-7-9-10-11-12-13-14-15-16-18-20-31(41)33(42)30(27-48-38-36(45)35(44)34(43)32(26-40)49-38)39-37(46)28-21-23-29(24-22-28)47-25-19-17-8-6-4-2/h21-24,30-36,38,40-45H,3-20,25-27H2,1-2H3,(H,39,46)/t30-,31+,32+,33-,34-,35-,36+,38-/m0/s1. The molecule has 0 aromatic heterocycles. The van der Waals surface area contributed by atoms with Crippen LogP contribution < -0.4 is 10.1 Å². The minimum atomic E-state index is -1.64. The van der Waals surface area contributed by atoms with Crippen molar-refractivity contribution in [2.75, 3.05) is 19.8 Å². The highest BCUT2D eigenvalue weighted by molar-refractivity contribution is 5.94. The van der Waals surface area contributed by atoms with Gasteiger partial charge in [-0.15, -0.1) is 0 Å². The third-order valence-corrected chi connectivity index (χ3v) is 9.40. The van der Waals surface area contributed by atoms with E-state index in [1.54, 1.807) is 24.3 Å². The molecule has 1 aliphatic rings. The third kappa shape index (κ3) is 16.8. The van der Waals surface area contributed by atoms with E-state index in [2.05, 4.69) is 19.2 Å². The van der Waals surface area contributed by atoms with E-state index < -0.39 is 61.5 Å². The van der Waals surface area contributed by atoms with E-state index in [-0.39, 0.29) is 6.61 Å². The van der Waals surface area contributed by atoms with Crippen molar-refractivity contribution >= 4 is 5.91 Å². The minimum Gasteiger partial charge on any atom is -0.494 e. The zero-order valence-corrected chi connectivity index (χ0v) is 30.1. The Morgan fingerprint density at radius 2 is 1.29 bits per heavy atom. The van der Waals surface area contributed by atoms with E-state index in [0.29, 0.717) is 30.8 Å². The van der Waals surface area contributed by atoms with E-state index in [1.165, 1.54) is 70.6 Å². The maximum absolute atomic E-state index is 13.2. The van der Waals surface area contributed by atoms with Crippen molar-refractivity contribution < 1.29 is 49.6 Å². The third-order valence-electron chi connectivity index (χ3n) is 9.40. The van der Waals surface area contributed by atoms with Gasteiger partial charge in [-0.25, -0.2) is 0 Å². The summed E-state index contributed by atoms with van der Waals surface area (Å²) in [6, 6.07) is 5.55. The zero-order valence-electron chi connectivity index (χ0n) is 30.1. The fourth-order valence-electron chi connectivity index (χ4n) is 6.11. The second kappa shape index (κ2) is 26.0. The molecular weight excluding hydrogens is 630 g/mol. The fraction of sp³-hybridized carbons (Fsp3) is 0.816. The Morgan fingerprint density at radius 1 is 0.755 bits per heavy atom. The largest absolute Gasteiger partial charge is 0.494 e. The highest BCUT2D eigenvalue weighted by atomic mass is 16.7. The summed E-state index contributed by atoms with van der Waals surface area (Å²) >= 11 is 0. The van der Waals surface area contributed by atoms with Gasteiger partial charge in [0.2, 0.25) is 0 Å². The molecule has 11 heteroatoms. The predicted molar refractivity (Wildman–Crippen MR) is 189 cm³/mol. The Labute approximate surface area is 294 Å². The zero-order chi connectivity index (χ0) is 35.9. The number of ether oxygens (including phenoxy) is 3. The Morgan fingerprint density at radius 3 is 1.84 bits per heavy atom. The molecule has 0 unspecified atom stereocenters. The van der Waals surface area contributed by atoms with Crippen LogP contribution in [-0.4, -0.2) is 105 Å². The van der Waals surface area contributed by atoms with E-state index in [9.17, 15) is 35.4 Å². The maximum Gasteiger partial charge on any atom is 0.251 e. The number of carbonyl (C=O) groups excluding carboxylic acids is 1. The molecule has 2 rings (SSSR count). The number of nitrogens with one attached hydrogen (secondary N) is 1. The van der Waals surface area contributed by atoms with Gasteiger partial charge in [-0.2, -0.15) is 0 Å². The van der Waals surface area contributed by atoms with Crippen molar-refractivity contribution in [1.29, 1.82) is 0 Å². The van der Waals surface area contributed by atoms with Crippen molar-refractivity contribution in [2.45, 2.75) is 178 Å². The maximum atomic E-state index is 13.2. The summed E-state index contributed by atoms with van der Waals surface area (Å²) in [6.45, 7) is 3.99. The molecule has 0 saturated carbocycles. The lowest BCUT2D eigenvalue weighted by molar-refractivity contribution is -0.303. The molecule has 0 bridgehead atoms. The second-order valence-corrected chi connectivity index (χ2v) is 13.6. The van der Waals surface area contributed by atoms with Crippen LogP contribution in [0, 0.1) is 0 Å². The average molecular weight is 698 g/mol. The van der Waals surface area contributed by atoms with Crippen LogP contribution in [0.4, 0.5) is 0 Å². The van der Waals surface area contributed by atoms with Gasteiger partial charge in [-0.1, -0.05) is 117 Å². The topological polar surface area (TPSA) is 178 Å². The van der Waals surface area contributed by atoms with Crippen LogP contribution in [-0.2, 0) is 9.47 Å². The Bertz CT molecular complexity index is 964. The first-order valence-corrected chi connectivity index (χ1v) is 19.0. The lowest BCUT2D eigenvalue weighted by Gasteiger charge is -2.40. The Kier molecular flexibility index (Phi) is 23.0. The SMILES string of the molecule is CCCCCCCCCCCCCC[C@@H](O)[C@@H](O)[C@H](CO[C@H]1O[C@H](CO)[C@H](O)[C@H](O)[C@H]1O)NC(=O)c1ccc(OCCCCCCC)cc1. The summed E-state index contributed by atoms with van der Waals surface area (Å²) in [6.07, 6.45) is 10.1. The number of amides is 1. The van der Waals surface area contributed by atoms with E-state index >= 15 is 0 Å². The normalized spacial score (nSPS) is 22.8. The van der Waals surface area contributed by atoms with Crippen molar-refractivity contribution in [3.8, 4) is 5.75 Å². The van der Waals surface area contributed by atoms with Gasteiger partial charge in [0.25, 0.3) is 5.91 Å². The number of aliphatic hydroxyl groups is 6. The molecule has 0 aliphatic carbocycles. The van der Waals surface area contributed by atoms with Crippen LogP contribution in [0.15, 0.2) is 24.3 Å². The van der Waals surface area contributed by atoms with Crippen molar-refractivity contribution in [3.63, 3.8) is 0 Å². The van der Waals surface area contributed by atoms with Crippen molar-refractivity contribution in [2.24, 2.45) is 0 Å². The second-order valence-electron chi connectivity index (χ2n) is 13.6. The van der Waals surface area contributed by atoms with Gasteiger partial charge >= 0.3 is 0 Å². The molecule has 11 nitrogen and oxygen atoms in total. The molecule has 1 aromatic carbocycles. The van der Waals surface area contributed by atoms with Crippen LogP contribution in [0.25, 0.3) is 0 Å². The molecule has 8 atom stereocenters. The lowest BCUT2D eigenvalue weighted by Crippen LogP contribution is -2.60. The predicted octanol–water partition coefficient (Wildman–Crippen LogP) is 4.76. The fourth-order valence-corrected chi connectivity index (χ4v) is 6.11. The van der Waals surface area contributed by atoms with Gasteiger partial charge in [0, 0.05) is 5.56 Å². The highest BCUT2D eigenvalue weighted by Gasteiger charge is 2.44. The first kappa shape index (κ1) is 43.3. The van der Waals surface area contributed by atoms with E-state index in [4.69, 9.17) is 14.2 Å². The van der Waals surface area contributed by atoms with Gasteiger partial charge < -0.3 is 50.2 Å². The first-order valence-electron chi connectivity index (χ1n) is 19.0. The molecule has 1 aliphatic heterocycles. The Hall–Kier alpha value is -1.83. The van der Waals surface area contributed by atoms with Crippen molar-refractivity contribution in [1.82, 2.24) is 5.32 Å². The van der Waals surface area contributed by atoms with Gasteiger partial charge in [-0.05, 0) is 37.1 Å². The minimum absolute atomic E-state index is 0.316. The quantitative estimate of drug-likeness (QED) is 0.0604. The van der Waals surface area contributed by atoms with Crippen molar-refractivity contribution in [3.05, 3.63) is 29.8 Å². The van der Waals surface area contributed by atoms with Gasteiger partial charge in [-0.3, -0.25) is 4.79 Å².